The Morgan fingerprint density at radius 2 is 1.94 bits per heavy atom. The van der Waals surface area contributed by atoms with Gasteiger partial charge in [-0.2, -0.15) is 0 Å². The zero-order valence-electron chi connectivity index (χ0n) is 9.64. The van der Waals surface area contributed by atoms with Crippen LogP contribution >= 0.6 is 0 Å². The van der Waals surface area contributed by atoms with E-state index in [1.54, 1.807) is 7.11 Å². The quantitative estimate of drug-likeness (QED) is 0.597. The average Bonchev–Trinajstić information content (AvgIpc) is 2.38. The number of benzene rings is 1. The molecule has 3 rings (SSSR count). The molecule has 0 aliphatic carbocycles. The van der Waals surface area contributed by atoms with Gasteiger partial charge in [0.25, 0.3) is 0 Å². The van der Waals surface area contributed by atoms with Crippen molar-refractivity contribution in [2.45, 2.75) is 6.92 Å². The van der Waals surface area contributed by atoms with E-state index >= 15 is 0 Å². The molecule has 4 heteroatoms. The molecule has 3 aromatic rings. The molecule has 0 radical (unpaired) electrons. The predicted molar refractivity (Wildman–Crippen MR) is 66.1 cm³/mol. The van der Waals surface area contributed by atoms with E-state index in [0.29, 0.717) is 11.5 Å². The van der Waals surface area contributed by atoms with Gasteiger partial charge in [-0.3, -0.25) is 0 Å². The smallest absolute Gasteiger partial charge is 0.226 e. The minimum absolute atomic E-state index is 0.575. The summed E-state index contributed by atoms with van der Waals surface area (Å²) in [6, 6.07) is 8.00. The van der Waals surface area contributed by atoms with E-state index in [-0.39, 0.29) is 0 Å². The molecule has 0 aliphatic rings. The summed E-state index contributed by atoms with van der Waals surface area (Å²) in [4.78, 5) is 12.8. The number of hydrogen-bond acceptors (Lipinski definition) is 4. The standard InChI is InChI=1S/C13H11N3O/c1-8-9-5-3-4-6-10(9)16-12-11(8)13(17-2)15-7-14-12/h3-7H,1-2H3. The maximum absolute atomic E-state index is 5.27. The summed E-state index contributed by atoms with van der Waals surface area (Å²) in [7, 11) is 1.61. The molecule has 0 saturated carbocycles. The van der Waals surface area contributed by atoms with Crippen molar-refractivity contribution in [2.24, 2.45) is 0 Å². The zero-order chi connectivity index (χ0) is 11.8. The fraction of sp³-hybridized carbons (Fsp3) is 0.154. The number of aromatic nitrogens is 3. The van der Waals surface area contributed by atoms with Crippen molar-refractivity contribution in [2.75, 3.05) is 7.11 Å². The van der Waals surface area contributed by atoms with Gasteiger partial charge in [0.1, 0.15) is 6.33 Å². The molecule has 1 aromatic carbocycles. The van der Waals surface area contributed by atoms with Crippen LogP contribution in [0.5, 0.6) is 5.88 Å². The first-order valence-corrected chi connectivity index (χ1v) is 5.35. The van der Waals surface area contributed by atoms with Crippen LogP contribution < -0.4 is 4.74 Å². The summed E-state index contributed by atoms with van der Waals surface area (Å²) in [6.07, 6.45) is 1.47. The Bertz CT molecular complexity index is 709. The van der Waals surface area contributed by atoms with Gasteiger partial charge < -0.3 is 4.74 Å². The molecular formula is C13H11N3O. The molecule has 2 heterocycles. The largest absolute Gasteiger partial charge is 0.480 e. The lowest BCUT2D eigenvalue weighted by molar-refractivity contribution is 0.402. The number of rotatable bonds is 1. The Hall–Kier alpha value is -2.23. The molecule has 0 atom stereocenters. The van der Waals surface area contributed by atoms with E-state index in [1.165, 1.54) is 6.33 Å². The number of aryl methyl sites for hydroxylation is 1. The van der Waals surface area contributed by atoms with E-state index in [4.69, 9.17) is 4.74 Å². The first kappa shape index (κ1) is 9.96. The Kier molecular flexibility index (Phi) is 2.14. The average molecular weight is 225 g/mol. The molecule has 0 aliphatic heterocycles. The van der Waals surface area contributed by atoms with Crippen molar-refractivity contribution in [3.05, 3.63) is 36.2 Å². The van der Waals surface area contributed by atoms with Crippen molar-refractivity contribution in [3.8, 4) is 5.88 Å². The Labute approximate surface area is 98.3 Å². The Morgan fingerprint density at radius 1 is 1.12 bits per heavy atom. The highest BCUT2D eigenvalue weighted by molar-refractivity contribution is 5.97. The first-order valence-electron chi connectivity index (χ1n) is 5.35. The molecule has 0 amide bonds. The molecule has 0 spiro atoms. The van der Waals surface area contributed by atoms with Gasteiger partial charge >= 0.3 is 0 Å². The number of pyridine rings is 1. The van der Waals surface area contributed by atoms with E-state index in [2.05, 4.69) is 15.0 Å². The third kappa shape index (κ3) is 1.41. The fourth-order valence-corrected chi connectivity index (χ4v) is 2.07. The minimum atomic E-state index is 0.575. The fourth-order valence-electron chi connectivity index (χ4n) is 2.07. The van der Waals surface area contributed by atoms with E-state index in [9.17, 15) is 0 Å². The van der Waals surface area contributed by atoms with Gasteiger partial charge in [0.2, 0.25) is 5.88 Å². The lowest BCUT2D eigenvalue weighted by atomic mass is 10.1. The molecular weight excluding hydrogens is 214 g/mol. The molecule has 0 bridgehead atoms. The Morgan fingerprint density at radius 3 is 2.76 bits per heavy atom. The molecule has 0 fully saturated rings. The monoisotopic (exact) mass is 225 g/mol. The molecule has 0 saturated heterocycles. The second-order valence-electron chi connectivity index (χ2n) is 3.84. The van der Waals surface area contributed by atoms with E-state index < -0.39 is 0 Å². The number of hydrogen-bond donors (Lipinski definition) is 0. The minimum Gasteiger partial charge on any atom is -0.480 e. The first-order chi connectivity index (χ1) is 8.31. The van der Waals surface area contributed by atoms with Crippen molar-refractivity contribution >= 4 is 21.9 Å². The predicted octanol–water partition coefficient (Wildman–Crippen LogP) is 2.50. The summed E-state index contributed by atoms with van der Waals surface area (Å²) >= 11 is 0. The van der Waals surface area contributed by atoms with Crippen LogP contribution in [0.15, 0.2) is 30.6 Å². The SMILES string of the molecule is COc1ncnc2nc3ccccc3c(C)c12. The van der Waals surface area contributed by atoms with Crippen LogP contribution in [0.3, 0.4) is 0 Å². The third-order valence-corrected chi connectivity index (χ3v) is 2.90. The van der Waals surface area contributed by atoms with Crippen LogP contribution in [0.4, 0.5) is 0 Å². The highest BCUT2D eigenvalue weighted by Gasteiger charge is 2.11. The van der Waals surface area contributed by atoms with Crippen molar-refractivity contribution in [1.29, 1.82) is 0 Å². The van der Waals surface area contributed by atoms with Crippen LogP contribution in [0.1, 0.15) is 5.56 Å². The molecule has 0 unspecified atom stereocenters. The zero-order valence-corrected chi connectivity index (χ0v) is 9.64. The second kappa shape index (κ2) is 3.66. The van der Waals surface area contributed by atoms with Gasteiger partial charge in [-0.1, -0.05) is 18.2 Å². The summed E-state index contributed by atoms with van der Waals surface area (Å²) in [5.41, 5.74) is 2.72. The maximum Gasteiger partial charge on any atom is 0.226 e. The van der Waals surface area contributed by atoms with Crippen molar-refractivity contribution in [1.82, 2.24) is 15.0 Å². The van der Waals surface area contributed by atoms with Crippen LogP contribution in [-0.4, -0.2) is 22.1 Å². The highest BCUT2D eigenvalue weighted by atomic mass is 16.5. The summed E-state index contributed by atoms with van der Waals surface area (Å²) in [5.74, 6) is 0.575. The number of ether oxygens (including phenoxy) is 1. The van der Waals surface area contributed by atoms with Gasteiger partial charge in [0.15, 0.2) is 5.65 Å². The second-order valence-corrected chi connectivity index (χ2v) is 3.84. The van der Waals surface area contributed by atoms with Crippen molar-refractivity contribution in [3.63, 3.8) is 0 Å². The number of fused-ring (bicyclic) bond motifs is 2. The molecule has 17 heavy (non-hydrogen) atoms. The van der Waals surface area contributed by atoms with Crippen LogP contribution in [0.2, 0.25) is 0 Å². The molecule has 2 aromatic heterocycles. The molecule has 0 N–H and O–H groups in total. The lowest BCUT2D eigenvalue weighted by Crippen LogP contribution is -1.96. The van der Waals surface area contributed by atoms with Gasteiger partial charge in [-0.25, -0.2) is 15.0 Å². The summed E-state index contributed by atoms with van der Waals surface area (Å²) in [5, 5.41) is 1.99. The van der Waals surface area contributed by atoms with E-state index in [1.807, 2.05) is 31.2 Å². The molecule has 4 nitrogen and oxygen atoms in total. The normalized spacial score (nSPS) is 10.9. The van der Waals surface area contributed by atoms with Crippen LogP contribution in [-0.2, 0) is 0 Å². The number of para-hydroxylation sites is 1. The third-order valence-electron chi connectivity index (χ3n) is 2.90. The van der Waals surface area contributed by atoms with Gasteiger partial charge in [-0.15, -0.1) is 0 Å². The van der Waals surface area contributed by atoms with Gasteiger partial charge in [0, 0.05) is 5.39 Å². The Balaban J connectivity index is 2.55. The van der Waals surface area contributed by atoms with Crippen LogP contribution in [0, 0.1) is 6.92 Å². The summed E-state index contributed by atoms with van der Waals surface area (Å²) < 4.78 is 5.27. The topological polar surface area (TPSA) is 47.9 Å². The number of nitrogens with zero attached hydrogens (tertiary/aromatic N) is 3. The van der Waals surface area contributed by atoms with Crippen molar-refractivity contribution < 1.29 is 4.74 Å². The summed E-state index contributed by atoms with van der Waals surface area (Å²) in [6.45, 7) is 2.04. The van der Waals surface area contributed by atoms with Crippen LogP contribution in [0.25, 0.3) is 21.9 Å². The van der Waals surface area contributed by atoms with Gasteiger partial charge in [-0.05, 0) is 18.6 Å². The number of methoxy groups -OCH3 is 1. The van der Waals surface area contributed by atoms with E-state index in [0.717, 1.165) is 21.9 Å². The molecule has 84 valence electrons. The lowest BCUT2D eigenvalue weighted by Gasteiger charge is -2.08. The maximum atomic E-state index is 5.27. The highest BCUT2D eigenvalue weighted by Crippen LogP contribution is 2.28. The van der Waals surface area contributed by atoms with Gasteiger partial charge in [0.05, 0.1) is 18.0 Å².